The average molecular weight is 620 g/mol. The number of unbranched alkanes of at least 4 members (excludes halogenated alkanes) is 3. The van der Waals surface area contributed by atoms with Gasteiger partial charge >= 0.3 is 0 Å². The molecule has 108 valence electrons. The van der Waals surface area contributed by atoms with E-state index in [0.29, 0.717) is 12.0 Å². The van der Waals surface area contributed by atoms with Crippen molar-refractivity contribution in [3.63, 3.8) is 0 Å². The summed E-state index contributed by atoms with van der Waals surface area (Å²) in [7, 11) is -3.64. The molecule has 0 radical (unpaired) electrons. The Morgan fingerprint density at radius 1 is 1.05 bits per heavy atom. The molecular formula is C12H15I3O3S. The Morgan fingerprint density at radius 2 is 1.63 bits per heavy atom. The minimum atomic E-state index is -3.64. The van der Waals surface area contributed by atoms with Crippen molar-refractivity contribution in [1.82, 2.24) is 0 Å². The van der Waals surface area contributed by atoms with Crippen LogP contribution in [0.1, 0.15) is 32.6 Å². The molecule has 0 heterocycles. The monoisotopic (exact) mass is 620 g/mol. The maximum atomic E-state index is 12.2. The quantitative estimate of drug-likeness (QED) is 0.251. The lowest BCUT2D eigenvalue weighted by Gasteiger charge is -2.10. The SMILES string of the molecule is CCCCCCOS(=O)(=O)c1c(I)cc(I)cc1I. The first-order valence-electron chi connectivity index (χ1n) is 5.92. The molecule has 0 bridgehead atoms. The van der Waals surface area contributed by atoms with Gasteiger partial charge in [-0.25, -0.2) is 0 Å². The smallest absolute Gasteiger partial charge is 0.266 e. The fourth-order valence-electron chi connectivity index (χ4n) is 1.52. The lowest BCUT2D eigenvalue weighted by atomic mass is 10.2. The van der Waals surface area contributed by atoms with Gasteiger partial charge in [0.15, 0.2) is 0 Å². The molecule has 0 aliphatic carbocycles. The van der Waals surface area contributed by atoms with Crippen molar-refractivity contribution in [1.29, 1.82) is 0 Å². The normalized spacial score (nSPS) is 11.8. The molecule has 0 unspecified atom stereocenters. The molecular weight excluding hydrogens is 605 g/mol. The summed E-state index contributed by atoms with van der Waals surface area (Å²) in [6.45, 7) is 2.38. The highest BCUT2D eigenvalue weighted by atomic mass is 127. The lowest BCUT2D eigenvalue weighted by Crippen LogP contribution is -2.11. The summed E-state index contributed by atoms with van der Waals surface area (Å²) in [6, 6.07) is 3.69. The number of rotatable bonds is 7. The second-order valence-electron chi connectivity index (χ2n) is 4.04. The summed E-state index contributed by atoms with van der Waals surface area (Å²) in [4.78, 5) is 0.296. The Bertz CT molecular complexity index is 506. The maximum absolute atomic E-state index is 12.2. The van der Waals surface area contributed by atoms with Crippen LogP contribution < -0.4 is 0 Å². The maximum Gasteiger partial charge on any atom is 0.299 e. The molecule has 1 aromatic carbocycles. The van der Waals surface area contributed by atoms with Crippen LogP contribution >= 0.6 is 67.8 Å². The molecule has 0 aromatic heterocycles. The van der Waals surface area contributed by atoms with Gasteiger partial charge in [0.25, 0.3) is 10.1 Å². The second kappa shape index (κ2) is 8.69. The van der Waals surface area contributed by atoms with Crippen molar-refractivity contribution in [2.75, 3.05) is 6.61 Å². The molecule has 3 nitrogen and oxygen atoms in total. The van der Waals surface area contributed by atoms with Crippen LogP contribution in [0.4, 0.5) is 0 Å². The largest absolute Gasteiger partial charge is 0.299 e. The predicted octanol–water partition coefficient (Wildman–Crippen LogP) is 4.79. The lowest BCUT2D eigenvalue weighted by molar-refractivity contribution is 0.306. The topological polar surface area (TPSA) is 43.4 Å². The van der Waals surface area contributed by atoms with Gasteiger partial charge in [0.05, 0.1) is 6.61 Å². The van der Waals surface area contributed by atoms with E-state index in [2.05, 4.69) is 29.5 Å². The van der Waals surface area contributed by atoms with Crippen molar-refractivity contribution in [3.05, 3.63) is 22.8 Å². The molecule has 0 aliphatic heterocycles. The number of halogens is 3. The van der Waals surface area contributed by atoms with Gasteiger partial charge in [0.2, 0.25) is 0 Å². The molecule has 19 heavy (non-hydrogen) atoms. The van der Waals surface area contributed by atoms with Crippen molar-refractivity contribution >= 4 is 77.9 Å². The third-order valence-corrected chi connectivity index (χ3v) is 6.92. The van der Waals surface area contributed by atoms with Gasteiger partial charge in [-0.15, -0.1) is 0 Å². The molecule has 1 aromatic rings. The second-order valence-corrected chi connectivity index (χ2v) is 9.16. The highest BCUT2D eigenvalue weighted by molar-refractivity contribution is 14.1. The molecule has 0 saturated carbocycles. The summed E-state index contributed by atoms with van der Waals surface area (Å²) in [6.07, 6.45) is 4.03. The van der Waals surface area contributed by atoms with E-state index in [4.69, 9.17) is 4.18 Å². The van der Waals surface area contributed by atoms with Crippen LogP contribution in [0.15, 0.2) is 17.0 Å². The van der Waals surface area contributed by atoms with E-state index in [-0.39, 0.29) is 6.61 Å². The molecule has 0 N–H and O–H groups in total. The van der Waals surface area contributed by atoms with E-state index in [1.54, 1.807) is 0 Å². The Balaban J connectivity index is 2.78. The standard InChI is InChI=1S/C12H15I3O3S/c1-2-3-4-5-6-18-19(16,17)12-10(14)7-9(13)8-11(12)15/h7-8H,2-6H2,1H3. The number of hydrogen-bond acceptors (Lipinski definition) is 3. The van der Waals surface area contributed by atoms with Crippen molar-refractivity contribution in [3.8, 4) is 0 Å². The third-order valence-electron chi connectivity index (χ3n) is 2.45. The van der Waals surface area contributed by atoms with Gasteiger partial charge in [-0.1, -0.05) is 26.2 Å². The van der Waals surface area contributed by atoms with E-state index < -0.39 is 10.1 Å². The molecule has 7 heteroatoms. The first-order valence-corrected chi connectivity index (χ1v) is 10.6. The van der Waals surface area contributed by atoms with Crippen LogP contribution in [-0.4, -0.2) is 15.0 Å². The van der Waals surface area contributed by atoms with Crippen LogP contribution in [0, 0.1) is 10.7 Å². The van der Waals surface area contributed by atoms with Gasteiger partial charge in [0.1, 0.15) is 4.90 Å². The van der Waals surface area contributed by atoms with Crippen LogP contribution in [0.5, 0.6) is 0 Å². The van der Waals surface area contributed by atoms with E-state index in [0.717, 1.165) is 29.3 Å². The van der Waals surface area contributed by atoms with E-state index in [1.165, 1.54) is 0 Å². The Labute approximate surface area is 155 Å². The zero-order chi connectivity index (χ0) is 14.5. The zero-order valence-electron chi connectivity index (χ0n) is 10.5. The van der Waals surface area contributed by atoms with E-state index >= 15 is 0 Å². The van der Waals surface area contributed by atoms with Gasteiger partial charge < -0.3 is 0 Å². The van der Waals surface area contributed by atoms with E-state index in [9.17, 15) is 8.42 Å². The third kappa shape index (κ3) is 5.91. The molecule has 0 atom stereocenters. The highest BCUT2D eigenvalue weighted by Crippen LogP contribution is 2.28. The number of hydrogen-bond donors (Lipinski definition) is 0. The Hall–Kier alpha value is 1.32. The van der Waals surface area contributed by atoms with Crippen molar-refractivity contribution in [2.45, 2.75) is 37.5 Å². The first-order chi connectivity index (χ1) is 8.88. The zero-order valence-corrected chi connectivity index (χ0v) is 17.7. The molecule has 0 fully saturated rings. The van der Waals surface area contributed by atoms with Crippen molar-refractivity contribution < 1.29 is 12.6 Å². The van der Waals surface area contributed by atoms with Crippen LogP contribution in [0.3, 0.4) is 0 Å². The summed E-state index contributed by atoms with van der Waals surface area (Å²) in [5, 5.41) is 0. The molecule has 0 saturated heterocycles. The highest BCUT2D eigenvalue weighted by Gasteiger charge is 2.22. The summed E-state index contributed by atoms with van der Waals surface area (Å²) in [5.74, 6) is 0. The van der Waals surface area contributed by atoms with Crippen LogP contribution in [0.25, 0.3) is 0 Å². The fraction of sp³-hybridized carbons (Fsp3) is 0.500. The minimum Gasteiger partial charge on any atom is -0.266 e. The van der Waals surface area contributed by atoms with Crippen LogP contribution in [0.2, 0.25) is 0 Å². The minimum absolute atomic E-state index is 0.264. The van der Waals surface area contributed by atoms with Gasteiger partial charge in [-0.05, 0) is 86.3 Å². The molecule has 1 rings (SSSR count). The average Bonchev–Trinajstić information content (AvgIpc) is 2.26. The summed E-state index contributed by atoms with van der Waals surface area (Å²) in [5.41, 5.74) is 0. The molecule has 0 spiro atoms. The fourth-order valence-corrected chi connectivity index (χ4v) is 7.78. The van der Waals surface area contributed by atoms with Gasteiger partial charge in [0, 0.05) is 10.7 Å². The first kappa shape index (κ1) is 18.4. The Kier molecular flexibility index (Phi) is 8.40. The van der Waals surface area contributed by atoms with Crippen LogP contribution in [-0.2, 0) is 14.3 Å². The Morgan fingerprint density at radius 3 is 2.16 bits per heavy atom. The molecule has 0 amide bonds. The number of benzene rings is 1. The molecule has 0 aliphatic rings. The van der Waals surface area contributed by atoms with Gasteiger partial charge in [-0.2, -0.15) is 8.42 Å². The summed E-state index contributed by atoms with van der Waals surface area (Å²) >= 11 is 6.26. The predicted molar refractivity (Wildman–Crippen MR) is 102 cm³/mol. The van der Waals surface area contributed by atoms with E-state index in [1.807, 2.05) is 57.3 Å². The van der Waals surface area contributed by atoms with Gasteiger partial charge in [-0.3, -0.25) is 4.18 Å². The van der Waals surface area contributed by atoms with Crippen molar-refractivity contribution in [2.24, 2.45) is 0 Å². The summed E-state index contributed by atoms with van der Waals surface area (Å²) < 4.78 is 31.9.